The van der Waals surface area contributed by atoms with Gasteiger partial charge in [0.15, 0.2) is 11.6 Å². The number of carboxylic acid groups (broad SMARTS) is 1. The Morgan fingerprint density at radius 3 is 2.07 bits per heavy atom. The van der Waals surface area contributed by atoms with E-state index in [0.29, 0.717) is 12.2 Å². The van der Waals surface area contributed by atoms with Gasteiger partial charge >= 0.3 is 0 Å². The van der Waals surface area contributed by atoms with Crippen molar-refractivity contribution in [1.82, 2.24) is 0 Å². The number of carbonyl (C=O) groups is 1. The zero-order valence-corrected chi connectivity index (χ0v) is 16.0. The summed E-state index contributed by atoms with van der Waals surface area (Å²) in [7, 11) is 0. The van der Waals surface area contributed by atoms with Crippen molar-refractivity contribution in [3.8, 4) is 16.9 Å². The van der Waals surface area contributed by atoms with Gasteiger partial charge in [-0.25, -0.2) is 4.39 Å². The van der Waals surface area contributed by atoms with Crippen LogP contribution in [0.4, 0.5) is 4.39 Å². The Bertz CT molecular complexity index is 710. The number of rotatable bonds is 12. The van der Waals surface area contributed by atoms with E-state index in [-0.39, 0.29) is 11.3 Å². The van der Waals surface area contributed by atoms with E-state index in [2.05, 4.69) is 6.92 Å². The maximum Gasteiger partial charge on any atom is 0.165 e. The van der Waals surface area contributed by atoms with Gasteiger partial charge in [0.05, 0.1) is 12.6 Å². The van der Waals surface area contributed by atoms with Gasteiger partial charge in [-0.1, -0.05) is 82.2 Å². The zero-order chi connectivity index (χ0) is 19.5. The first-order chi connectivity index (χ1) is 13.1. The minimum absolute atomic E-state index is 0.101. The Kier molecular flexibility index (Phi) is 8.82. The average Bonchev–Trinajstić information content (AvgIpc) is 2.67. The average molecular weight is 371 g/mol. The third-order valence-corrected chi connectivity index (χ3v) is 4.64. The summed E-state index contributed by atoms with van der Waals surface area (Å²) in [5.41, 5.74) is 1.52. The van der Waals surface area contributed by atoms with Crippen molar-refractivity contribution in [2.75, 3.05) is 6.61 Å². The van der Waals surface area contributed by atoms with Crippen molar-refractivity contribution in [1.29, 1.82) is 0 Å². The topological polar surface area (TPSA) is 49.4 Å². The highest BCUT2D eigenvalue weighted by Crippen LogP contribution is 2.26. The summed E-state index contributed by atoms with van der Waals surface area (Å²) in [6, 6.07) is 11.0. The zero-order valence-electron chi connectivity index (χ0n) is 16.0. The number of carboxylic acids is 1. The van der Waals surface area contributed by atoms with Crippen molar-refractivity contribution in [3.05, 3.63) is 53.8 Å². The highest BCUT2D eigenvalue weighted by Gasteiger charge is 2.07. The second kappa shape index (κ2) is 11.4. The molecule has 3 nitrogen and oxygen atoms in total. The molecule has 0 aromatic heterocycles. The molecule has 0 aliphatic carbocycles. The first kappa shape index (κ1) is 20.9. The highest BCUT2D eigenvalue weighted by molar-refractivity contribution is 5.86. The van der Waals surface area contributed by atoms with Crippen LogP contribution in [0, 0.1) is 5.82 Å². The number of benzene rings is 2. The third kappa shape index (κ3) is 7.05. The largest absolute Gasteiger partial charge is 0.545 e. The number of ether oxygens (including phenoxy) is 1. The molecule has 4 heteroatoms. The van der Waals surface area contributed by atoms with Crippen LogP contribution in [0.15, 0.2) is 42.5 Å². The first-order valence-corrected chi connectivity index (χ1v) is 9.86. The number of unbranched alkanes of at least 4 members (excludes halogenated alkanes) is 7. The highest BCUT2D eigenvalue weighted by atomic mass is 19.1. The molecule has 146 valence electrons. The fourth-order valence-corrected chi connectivity index (χ4v) is 3.01. The van der Waals surface area contributed by atoms with Gasteiger partial charge in [0.1, 0.15) is 0 Å². The van der Waals surface area contributed by atoms with E-state index in [1.807, 2.05) is 0 Å². The standard InChI is InChI=1S/C23H29FO3/c1-2-3-4-5-6-7-8-9-16-27-22-15-14-20(17-21(22)24)18-10-12-19(13-11-18)23(25)26/h10-15,17H,2-9,16H2,1H3,(H,25,26)/p-1. The van der Waals surface area contributed by atoms with Gasteiger partial charge in [-0.3, -0.25) is 0 Å². The minimum atomic E-state index is -1.22. The minimum Gasteiger partial charge on any atom is -0.545 e. The van der Waals surface area contributed by atoms with Crippen LogP contribution in [-0.2, 0) is 0 Å². The van der Waals surface area contributed by atoms with Crippen LogP contribution in [0.1, 0.15) is 68.6 Å². The normalized spacial score (nSPS) is 10.7. The van der Waals surface area contributed by atoms with E-state index in [4.69, 9.17) is 4.74 Å². The third-order valence-electron chi connectivity index (χ3n) is 4.64. The molecular weight excluding hydrogens is 343 g/mol. The molecule has 0 saturated carbocycles. The molecule has 0 atom stereocenters. The fourth-order valence-electron chi connectivity index (χ4n) is 3.01. The van der Waals surface area contributed by atoms with Crippen LogP contribution in [0.25, 0.3) is 11.1 Å². The molecule has 0 unspecified atom stereocenters. The molecule has 2 aromatic carbocycles. The van der Waals surface area contributed by atoms with E-state index in [0.717, 1.165) is 18.4 Å². The molecule has 0 amide bonds. The molecule has 27 heavy (non-hydrogen) atoms. The summed E-state index contributed by atoms with van der Waals surface area (Å²) in [6.07, 6.45) is 9.71. The number of carbonyl (C=O) groups excluding carboxylic acids is 1. The van der Waals surface area contributed by atoms with Crippen molar-refractivity contribution >= 4 is 5.97 Å². The number of halogens is 1. The van der Waals surface area contributed by atoms with Gasteiger partial charge in [0, 0.05) is 0 Å². The van der Waals surface area contributed by atoms with E-state index in [1.54, 1.807) is 24.3 Å². The maximum atomic E-state index is 14.3. The van der Waals surface area contributed by atoms with E-state index in [1.165, 1.54) is 56.7 Å². The molecule has 2 aromatic rings. The monoisotopic (exact) mass is 371 g/mol. The molecule has 2 rings (SSSR count). The predicted octanol–water partition coefficient (Wildman–Crippen LogP) is 5.38. The van der Waals surface area contributed by atoms with Gasteiger partial charge < -0.3 is 14.6 Å². The van der Waals surface area contributed by atoms with Gasteiger partial charge in [-0.05, 0) is 35.2 Å². The molecule has 0 saturated heterocycles. The van der Waals surface area contributed by atoms with Gasteiger partial charge in [-0.15, -0.1) is 0 Å². The summed E-state index contributed by atoms with van der Waals surface area (Å²) in [6.45, 7) is 2.74. The summed E-state index contributed by atoms with van der Waals surface area (Å²) < 4.78 is 19.8. The number of hydrogen-bond acceptors (Lipinski definition) is 3. The molecule has 0 radical (unpaired) electrons. The summed E-state index contributed by atoms with van der Waals surface area (Å²) in [5, 5.41) is 10.8. The Morgan fingerprint density at radius 1 is 0.889 bits per heavy atom. The summed E-state index contributed by atoms with van der Waals surface area (Å²) in [5.74, 6) is -1.37. The van der Waals surface area contributed by atoms with Gasteiger partial charge in [0.25, 0.3) is 0 Å². The van der Waals surface area contributed by atoms with Gasteiger partial charge in [-0.2, -0.15) is 0 Å². The van der Waals surface area contributed by atoms with Crippen LogP contribution in [0.3, 0.4) is 0 Å². The van der Waals surface area contributed by atoms with Crippen LogP contribution >= 0.6 is 0 Å². The molecular formula is C23H28FO3-. The Balaban J connectivity index is 1.77. The fraction of sp³-hybridized carbons (Fsp3) is 0.435. The molecule has 0 heterocycles. The van der Waals surface area contributed by atoms with Crippen molar-refractivity contribution < 1.29 is 19.0 Å². The number of aromatic carboxylic acids is 1. The predicted molar refractivity (Wildman–Crippen MR) is 104 cm³/mol. The second-order valence-electron chi connectivity index (χ2n) is 6.83. The van der Waals surface area contributed by atoms with E-state index in [9.17, 15) is 14.3 Å². The maximum absolute atomic E-state index is 14.3. The van der Waals surface area contributed by atoms with Crippen molar-refractivity contribution in [3.63, 3.8) is 0 Å². The van der Waals surface area contributed by atoms with Gasteiger partial charge in [0.2, 0.25) is 0 Å². The Morgan fingerprint density at radius 2 is 1.48 bits per heavy atom. The van der Waals surface area contributed by atoms with Crippen LogP contribution in [-0.4, -0.2) is 12.6 Å². The van der Waals surface area contributed by atoms with E-state index < -0.39 is 11.8 Å². The lowest BCUT2D eigenvalue weighted by atomic mass is 10.0. The molecule has 0 aliphatic rings. The molecule has 0 spiro atoms. The van der Waals surface area contributed by atoms with Crippen LogP contribution < -0.4 is 9.84 Å². The van der Waals surface area contributed by atoms with E-state index >= 15 is 0 Å². The summed E-state index contributed by atoms with van der Waals surface area (Å²) >= 11 is 0. The molecule has 0 aliphatic heterocycles. The lowest BCUT2D eigenvalue weighted by Crippen LogP contribution is -2.21. The summed E-state index contributed by atoms with van der Waals surface area (Å²) in [4.78, 5) is 10.8. The first-order valence-electron chi connectivity index (χ1n) is 9.86. The molecule has 0 bridgehead atoms. The molecule has 0 N–H and O–H groups in total. The lowest BCUT2D eigenvalue weighted by molar-refractivity contribution is -0.255. The lowest BCUT2D eigenvalue weighted by Gasteiger charge is -2.10. The van der Waals surface area contributed by atoms with Crippen LogP contribution in [0.5, 0.6) is 5.75 Å². The molecule has 0 fully saturated rings. The number of hydrogen-bond donors (Lipinski definition) is 0. The van der Waals surface area contributed by atoms with Crippen LogP contribution in [0.2, 0.25) is 0 Å². The quantitative estimate of drug-likeness (QED) is 0.471. The smallest absolute Gasteiger partial charge is 0.165 e. The Labute approximate surface area is 161 Å². The van der Waals surface area contributed by atoms with Crippen molar-refractivity contribution in [2.24, 2.45) is 0 Å². The Hall–Kier alpha value is -2.36. The van der Waals surface area contributed by atoms with Crippen molar-refractivity contribution in [2.45, 2.75) is 58.3 Å². The second-order valence-corrected chi connectivity index (χ2v) is 6.83. The SMILES string of the molecule is CCCCCCCCCCOc1ccc(-c2ccc(C(=O)[O-])cc2)cc1F.